The van der Waals surface area contributed by atoms with Crippen molar-refractivity contribution >= 4 is 17.5 Å². The number of ether oxygens (including phenoxy) is 1. The fraction of sp³-hybridized carbons (Fsp3) is 0.375. The average Bonchev–Trinajstić information content (AvgIpc) is 3.36. The molecule has 0 unspecified atom stereocenters. The number of amides is 1. The van der Waals surface area contributed by atoms with Crippen molar-refractivity contribution in [1.29, 1.82) is 0 Å². The molecule has 4 heterocycles. The van der Waals surface area contributed by atoms with Crippen molar-refractivity contribution in [3.05, 3.63) is 95.2 Å². The van der Waals surface area contributed by atoms with Gasteiger partial charge in [0.1, 0.15) is 23.9 Å². The zero-order valence-corrected chi connectivity index (χ0v) is 24.3. The summed E-state index contributed by atoms with van der Waals surface area (Å²) in [5, 5.41) is 26.5. The number of benzene rings is 2. The van der Waals surface area contributed by atoms with E-state index in [-0.39, 0.29) is 29.1 Å². The predicted molar refractivity (Wildman–Crippen MR) is 158 cm³/mol. The number of piperidine rings is 1. The number of aliphatic hydroxyl groups is 1. The summed E-state index contributed by atoms with van der Waals surface area (Å²) in [6.45, 7) is 4.82. The highest BCUT2D eigenvalue weighted by molar-refractivity contribution is 5.97. The van der Waals surface area contributed by atoms with Crippen LogP contribution >= 0.6 is 0 Å². The van der Waals surface area contributed by atoms with Crippen molar-refractivity contribution in [2.75, 3.05) is 23.3 Å². The third-order valence-electron chi connectivity index (χ3n) is 8.13. The SMILES string of the molecule is CC(C)Oc1ccc(N2CCC(c3nn(C(c4ccccc4)c4ccccc4)c4c3[C@@H](C(F)(F)F)[C@@H](O)C(=O)N4)CC2)nn1. The Labute approximate surface area is 252 Å². The number of halogens is 3. The van der Waals surface area contributed by atoms with Gasteiger partial charge in [-0.05, 0) is 43.9 Å². The van der Waals surface area contributed by atoms with Crippen LogP contribution < -0.4 is 15.0 Å². The van der Waals surface area contributed by atoms with Gasteiger partial charge in [-0.1, -0.05) is 60.7 Å². The second-order valence-electron chi connectivity index (χ2n) is 11.4. The minimum atomic E-state index is -4.88. The fourth-order valence-electron chi connectivity index (χ4n) is 6.14. The lowest BCUT2D eigenvalue weighted by molar-refractivity contribution is -0.177. The summed E-state index contributed by atoms with van der Waals surface area (Å²) in [5.74, 6) is -2.83. The number of nitrogens with zero attached hydrogens (tertiary/aromatic N) is 5. The number of anilines is 2. The number of aliphatic hydroxyl groups excluding tert-OH is 1. The zero-order chi connectivity index (χ0) is 31.0. The van der Waals surface area contributed by atoms with E-state index in [0.29, 0.717) is 37.6 Å². The highest BCUT2D eigenvalue weighted by Gasteiger charge is 2.55. The number of fused-ring (bicyclic) bond motifs is 1. The van der Waals surface area contributed by atoms with E-state index in [1.807, 2.05) is 85.5 Å². The molecule has 12 heteroatoms. The van der Waals surface area contributed by atoms with Crippen molar-refractivity contribution in [2.45, 2.75) is 63.0 Å². The molecule has 44 heavy (non-hydrogen) atoms. The number of aromatic nitrogens is 4. The van der Waals surface area contributed by atoms with Crippen LogP contribution in [0.25, 0.3) is 0 Å². The van der Waals surface area contributed by atoms with Crippen LogP contribution in [0.3, 0.4) is 0 Å². The van der Waals surface area contributed by atoms with Crippen LogP contribution in [-0.4, -0.2) is 62.5 Å². The van der Waals surface area contributed by atoms with Crippen molar-refractivity contribution < 1.29 is 27.8 Å². The van der Waals surface area contributed by atoms with Gasteiger partial charge in [-0.25, -0.2) is 4.68 Å². The Kier molecular flexibility index (Phi) is 8.02. The van der Waals surface area contributed by atoms with E-state index in [1.54, 1.807) is 6.07 Å². The Morgan fingerprint density at radius 3 is 2.07 bits per heavy atom. The van der Waals surface area contributed by atoms with Crippen LogP contribution in [0.4, 0.5) is 24.8 Å². The molecule has 2 aliphatic heterocycles. The molecule has 0 aliphatic carbocycles. The molecule has 2 aromatic heterocycles. The summed E-state index contributed by atoms with van der Waals surface area (Å²) in [7, 11) is 0. The first-order valence-electron chi connectivity index (χ1n) is 14.6. The Balaban J connectivity index is 1.40. The molecule has 0 saturated carbocycles. The standard InChI is InChI=1S/C32H33F3N6O3/c1-19(2)44-24-14-13-23(37-38-24)40-17-15-20(16-18-40)27-25-26(32(33,34)35)29(42)31(43)36-30(25)41(39-27)28(21-9-5-3-6-10-21)22-11-7-4-8-12-22/h3-14,19-20,26,28-29,42H,15-18H2,1-2H3,(H,36,43)/t26-,29-/m1/s1. The lowest BCUT2D eigenvalue weighted by atomic mass is 9.82. The molecule has 4 aromatic rings. The maximum absolute atomic E-state index is 14.6. The quantitative estimate of drug-likeness (QED) is 0.289. The number of rotatable bonds is 7. The topological polar surface area (TPSA) is 105 Å². The molecule has 1 amide bonds. The Hall–Kier alpha value is -4.45. The van der Waals surface area contributed by atoms with E-state index < -0.39 is 30.1 Å². The summed E-state index contributed by atoms with van der Waals surface area (Å²) in [6.07, 6.45) is -6.22. The minimum Gasteiger partial charge on any atom is -0.474 e. The lowest BCUT2D eigenvalue weighted by Crippen LogP contribution is -2.45. The first kappa shape index (κ1) is 29.6. The number of carbonyl (C=O) groups is 1. The smallest absolute Gasteiger partial charge is 0.398 e. The van der Waals surface area contributed by atoms with Crippen molar-refractivity contribution in [3.8, 4) is 5.88 Å². The molecule has 2 atom stereocenters. The van der Waals surface area contributed by atoms with E-state index in [2.05, 4.69) is 15.5 Å². The molecule has 0 spiro atoms. The van der Waals surface area contributed by atoms with Crippen LogP contribution in [0.5, 0.6) is 5.88 Å². The molecular weight excluding hydrogens is 573 g/mol. The van der Waals surface area contributed by atoms with E-state index in [9.17, 15) is 23.1 Å². The Morgan fingerprint density at radius 2 is 1.55 bits per heavy atom. The van der Waals surface area contributed by atoms with Crippen LogP contribution in [-0.2, 0) is 4.79 Å². The van der Waals surface area contributed by atoms with E-state index in [4.69, 9.17) is 9.84 Å². The van der Waals surface area contributed by atoms with Crippen LogP contribution in [0.15, 0.2) is 72.8 Å². The normalized spacial score (nSPS) is 19.3. The van der Waals surface area contributed by atoms with Gasteiger partial charge in [-0.2, -0.15) is 18.3 Å². The minimum absolute atomic E-state index is 0.0376. The second-order valence-corrected chi connectivity index (χ2v) is 11.4. The molecule has 0 radical (unpaired) electrons. The van der Waals surface area contributed by atoms with E-state index in [1.165, 1.54) is 4.68 Å². The van der Waals surface area contributed by atoms with Crippen LogP contribution in [0.1, 0.15) is 67.0 Å². The number of carbonyl (C=O) groups excluding carboxylic acids is 1. The van der Waals surface area contributed by atoms with Gasteiger partial charge in [0, 0.05) is 30.6 Å². The Bertz CT molecular complexity index is 1550. The third kappa shape index (κ3) is 5.73. The largest absolute Gasteiger partial charge is 0.474 e. The van der Waals surface area contributed by atoms with Crippen molar-refractivity contribution in [2.24, 2.45) is 0 Å². The number of alkyl halides is 3. The molecule has 2 N–H and O–H groups in total. The van der Waals surface area contributed by atoms with Gasteiger partial charge in [-0.3, -0.25) is 4.79 Å². The molecule has 2 aliphatic rings. The Morgan fingerprint density at radius 1 is 0.932 bits per heavy atom. The molecule has 9 nitrogen and oxygen atoms in total. The molecule has 6 rings (SSSR count). The van der Waals surface area contributed by atoms with Gasteiger partial charge < -0.3 is 20.1 Å². The van der Waals surface area contributed by atoms with Gasteiger partial charge in [0.05, 0.1) is 11.8 Å². The van der Waals surface area contributed by atoms with Crippen LogP contribution in [0.2, 0.25) is 0 Å². The summed E-state index contributed by atoms with van der Waals surface area (Å²) in [4.78, 5) is 14.8. The van der Waals surface area contributed by atoms with Crippen LogP contribution in [0, 0.1) is 0 Å². The molecule has 230 valence electrons. The maximum Gasteiger partial charge on any atom is 0.398 e. The van der Waals surface area contributed by atoms with E-state index >= 15 is 0 Å². The number of nitrogens with one attached hydrogen (secondary N) is 1. The van der Waals surface area contributed by atoms with Crippen molar-refractivity contribution in [3.63, 3.8) is 0 Å². The molecular formula is C32H33F3N6O3. The molecule has 1 fully saturated rings. The van der Waals surface area contributed by atoms with Gasteiger partial charge >= 0.3 is 6.18 Å². The molecule has 1 saturated heterocycles. The first-order valence-corrected chi connectivity index (χ1v) is 14.6. The van der Waals surface area contributed by atoms with E-state index in [0.717, 1.165) is 11.1 Å². The zero-order valence-electron chi connectivity index (χ0n) is 24.3. The van der Waals surface area contributed by atoms with Gasteiger partial charge in [0.15, 0.2) is 5.82 Å². The molecule has 0 bridgehead atoms. The fourth-order valence-corrected chi connectivity index (χ4v) is 6.14. The lowest BCUT2D eigenvalue weighted by Gasteiger charge is -2.34. The van der Waals surface area contributed by atoms with Gasteiger partial charge in [0.2, 0.25) is 5.88 Å². The van der Waals surface area contributed by atoms with Crippen molar-refractivity contribution in [1.82, 2.24) is 20.0 Å². The maximum atomic E-state index is 14.6. The molecule has 2 aromatic carbocycles. The third-order valence-corrected chi connectivity index (χ3v) is 8.13. The second kappa shape index (κ2) is 11.9. The number of hydrogen-bond acceptors (Lipinski definition) is 7. The highest BCUT2D eigenvalue weighted by Crippen LogP contribution is 2.49. The monoisotopic (exact) mass is 606 g/mol. The summed E-state index contributed by atoms with van der Waals surface area (Å²) in [5.41, 5.74) is 1.65. The highest BCUT2D eigenvalue weighted by atomic mass is 19.4. The predicted octanol–water partition coefficient (Wildman–Crippen LogP) is 5.44. The van der Waals surface area contributed by atoms with Gasteiger partial charge in [-0.15, -0.1) is 10.2 Å². The average molecular weight is 607 g/mol. The van der Waals surface area contributed by atoms with Gasteiger partial charge in [0.25, 0.3) is 5.91 Å². The first-order chi connectivity index (χ1) is 21.1. The number of hydrogen-bond donors (Lipinski definition) is 2. The summed E-state index contributed by atoms with van der Waals surface area (Å²) >= 11 is 0. The summed E-state index contributed by atoms with van der Waals surface area (Å²) < 4.78 is 51.0. The summed E-state index contributed by atoms with van der Waals surface area (Å²) in [6, 6.07) is 21.6.